The number of piperazine rings is 1. The van der Waals surface area contributed by atoms with Gasteiger partial charge in [0.25, 0.3) is 0 Å². The van der Waals surface area contributed by atoms with E-state index in [9.17, 15) is 9.90 Å². The standard InChI is InChI=1S/C16H23N3O2/c17-13-5-3-4-12(13)16(21)19-10-8-18(9-11-19)14-6-1-2-7-15(14)20/h1-2,6-7,12-13,20H,3-5,8-11,17H2. The summed E-state index contributed by atoms with van der Waals surface area (Å²) in [6, 6.07) is 7.39. The molecule has 1 aliphatic carbocycles. The lowest BCUT2D eigenvalue weighted by atomic mass is 10.0. The van der Waals surface area contributed by atoms with Gasteiger partial charge in [0.05, 0.1) is 11.6 Å². The van der Waals surface area contributed by atoms with E-state index in [-0.39, 0.29) is 17.9 Å². The zero-order chi connectivity index (χ0) is 14.8. The fraction of sp³-hybridized carbons (Fsp3) is 0.562. The largest absolute Gasteiger partial charge is 0.506 e. The minimum absolute atomic E-state index is 0.0154. The van der Waals surface area contributed by atoms with Crippen molar-refractivity contribution >= 4 is 11.6 Å². The Bertz CT molecular complexity index is 512. The van der Waals surface area contributed by atoms with Crippen molar-refractivity contribution in [2.24, 2.45) is 11.7 Å². The topological polar surface area (TPSA) is 69.8 Å². The van der Waals surface area contributed by atoms with Crippen LogP contribution in [0.1, 0.15) is 19.3 Å². The molecule has 1 aliphatic heterocycles. The third-order valence-electron chi connectivity index (χ3n) is 4.70. The minimum atomic E-state index is 0.0154. The number of hydrogen-bond donors (Lipinski definition) is 2. The summed E-state index contributed by atoms with van der Waals surface area (Å²) in [5.41, 5.74) is 6.88. The molecule has 1 aromatic carbocycles. The quantitative estimate of drug-likeness (QED) is 0.857. The summed E-state index contributed by atoms with van der Waals surface area (Å²) in [7, 11) is 0. The number of carbonyl (C=O) groups is 1. The number of nitrogens with zero attached hydrogens (tertiary/aromatic N) is 2. The van der Waals surface area contributed by atoms with Gasteiger partial charge in [0.1, 0.15) is 5.75 Å². The van der Waals surface area contributed by atoms with Gasteiger partial charge >= 0.3 is 0 Å². The van der Waals surface area contributed by atoms with Crippen LogP contribution in [0.5, 0.6) is 5.75 Å². The van der Waals surface area contributed by atoms with Crippen molar-refractivity contribution < 1.29 is 9.90 Å². The van der Waals surface area contributed by atoms with Gasteiger partial charge in [-0.15, -0.1) is 0 Å². The van der Waals surface area contributed by atoms with Crippen LogP contribution in [-0.4, -0.2) is 48.1 Å². The van der Waals surface area contributed by atoms with Crippen molar-refractivity contribution in [2.45, 2.75) is 25.3 Å². The SMILES string of the molecule is NC1CCCC1C(=O)N1CCN(c2ccccc2O)CC1. The maximum atomic E-state index is 12.5. The van der Waals surface area contributed by atoms with E-state index in [0.29, 0.717) is 18.8 Å². The number of hydrogen-bond acceptors (Lipinski definition) is 4. The monoisotopic (exact) mass is 289 g/mol. The van der Waals surface area contributed by atoms with Gasteiger partial charge in [-0.1, -0.05) is 18.6 Å². The summed E-state index contributed by atoms with van der Waals surface area (Å²) in [6.07, 6.45) is 2.96. The number of carbonyl (C=O) groups excluding carboxylic acids is 1. The van der Waals surface area contributed by atoms with Crippen LogP contribution in [0.2, 0.25) is 0 Å². The Hall–Kier alpha value is -1.75. The van der Waals surface area contributed by atoms with Crippen LogP contribution >= 0.6 is 0 Å². The highest BCUT2D eigenvalue weighted by Crippen LogP contribution is 2.29. The highest BCUT2D eigenvalue weighted by atomic mass is 16.3. The van der Waals surface area contributed by atoms with Gasteiger partial charge in [-0.05, 0) is 25.0 Å². The lowest BCUT2D eigenvalue weighted by Gasteiger charge is -2.37. The Labute approximate surface area is 125 Å². The van der Waals surface area contributed by atoms with Crippen molar-refractivity contribution in [2.75, 3.05) is 31.1 Å². The molecule has 1 saturated heterocycles. The van der Waals surface area contributed by atoms with Crippen molar-refractivity contribution in [3.8, 4) is 5.75 Å². The Morgan fingerprint density at radius 2 is 1.86 bits per heavy atom. The second-order valence-electron chi connectivity index (χ2n) is 6.00. The Morgan fingerprint density at radius 3 is 2.48 bits per heavy atom. The zero-order valence-electron chi connectivity index (χ0n) is 12.2. The lowest BCUT2D eigenvalue weighted by molar-refractivity contribution is -0.136. The summed E-state index contributed by atoms with van der Waals surface area (Å²) in [6.45, 7) is 2.92. The van der Waals surface area contributed by atoms with Crippen molar-refractivity contribution in [3.05, 3.63) is 24.3 Å². The molecule has 3 rings (SSSR count). The van der Waals surface area contributed by atoms with Crippen LogP contribution in [0.3, 0.4) is 0 Å². The molecule has 2 fully saturated rings. The van der Waals surface area contributed by atoms with Crippen molar-refractivity contribution in [1.29, 1.82) is 0 Å². The van der Waals surface area contributed by atoms with Gasteiger partial charge in [0, 0.05) is 32.2 Å². The molecule has 1 saturated carbocycles. The molecular formula is C16H23N3O2. The number of phenols is 1. The van der Waals surface area contributed by atoms with Crippen LogP contribution in [0, 0.1) is 5.92 Å². The van der Waals surface area contributed by atoms with E-state index in [1.807, 2.05) is 23.1 Å². The predicted octanol–water partition coefficient (Wildman–Crippen LogP) is 1.17. The second kappa shape index (κ2) is 5.93. The molecule has 1 aromatic rings. The molecule has 0 bridgehead atoms. The summed E-state index contributed by atoms with van der Waals surface area (Å²) in [5.74, 6) is 0.536. The summed E-state index contributed by atoms with van der Waals surface area (Å²) in [4.78, 5) is 16.6. The van der Waals surface area contributed by atoms with Crippen molar-refractivity contribution in [3.63, 3.8) is 0 Å². The van der Waals surface area contributed by atoms with E-state index < -0.39 is 0 Å². The molecule has 114 valence electrons. The summed E-state index contributed by atoms with van der Waals surface area (Å²) in [5, 5.41) is 9.91. The highest BCUT2D eigenvalue weighted by molar-refractivity contribution is 5.80. The van der Waals surface area contributed by atoms with Gasteiger partial charge in [0.2, 0.25) is 5.91 Å². The summed E-state index contributed by atoms with van der Waals surface area (Å²) >= 11 is 0. The number of phenolic OH excluding ortho intramolecular Hbond substituents is 1. The normalized spacial score (nSPS) is 26.1. The first kappa shape index (κ1) is 14.2. The maximum absolute atomic E-state index is 12.5. The lowest BCUT2D eigenvalue weighted by Crippen LogP contribution is -2.52. The Balaban J connectivity index is 1.60. The molecule has 1 amide bonds. The Kier molecular flexibility index (Phi) is 4.01. The molecule has 2 atom stereocenters. The fourth-order valence-corrected chi connectivity index (χ4v) is 3.43. The smallest absolute Gasteiger partial charge is 0.227 e. The number of amides is 1. The number of aromatic hydroxyl groups is 1. The maximum Gasteiger partial charge on any atom is 0.227 e. The number of rotatable bonds is 2. The van der Waals surface area contributed by atoms with Gasteiger partial charge < -0.3 is 20.6 Å². The molecule has 0 spiro atoms. The molecule has 2 aliphatic rings. The van der Waals surface area contributed by atoms with Crippen LogP contribution in [0.15, 0.2) is 24.3 Å². The average molecular weight is 289 g/mol. The van der Waals surface area contributed by atoms with Crippen LogP contribution in [0.25, 0.3) is 0 Å². The number of anilines is 1. The molecule has 0 aromatic heterocycles. The van der Waals surface area contributed by atoms with Crippen molar-refractivity contribution in [1.82, 2.24) is 4.90 Å². The van der Waals surface area contributed by atoms with E-state index in [2.05, 4.69) is 4.90 Å². The number of benzene rings is 1. The Morgan fingerprint density at radius 1 is 1.14 bits per heavy atom. The van der Waals surface area contributed by atoms with Crippen LogP contribution < -0.4 is 10.6 Å². The number of nitrogens with two attached hydrogens (primary N) is 1. The van der Waals surface area contributed by atoms with E-state index in [0.717, 1.165) is 38.0 Å². The first-order valence-corrected chi connectivity index (χ1v) is 7.74. The van der Waals surface area contributed by atoms with Crippen LogP contribution in [-0.2, 0) is 4.79 Å². The molecule has 5 nitrogen and oxygen atoms in total. The van der Waals surface area contributed by atoms with E-state index in [1.54, 1.807) is 6.07 Å². The molecule has 0 radical (unpaired) electrons. The van der Waals surface area contributed by atoms with Gasteiger partial charge in [-0.3, -0.25) is 4.79 Å². The first-order chi connectivity index (χ1) is 10.2. The summed E-state index contributed by atoms with van der Waals surface area (Å²) < 4.78 is 0. The molecule has 21 heavy (non-hydrogen) atoms. The van der Waals surface area contributed by atoms with E-state index >= 15 is 0 Å². The minimum Gasteiger partial charge on any atom is -0.506 e. The molecular weight excluding hydrogens is 266 g/mol. The zero-order valence-corrected chi connectivity index (χ0v) is 12.2. The highest BCUT2D eigenvalue weighted by Gasteiger charge is 2.34. The van der Waals surface area contributed by atoms with Gasteiger partial charge in [-0.2, -0.15) is 0 Å². The third kappa shape index (κ3) is 2.83. The molecule has 5 heteroatoms. The van der Waals surface area contributed by atoms with E-state index in [1.165, 1.54) is 0 Å². The first-order valence-electron chi connectivity index (χ1n) is 7.74. The van der Waals surface area contributed by atoms with Gasteiger partial charge in [0.15, 0.2) is 0 Å². The second-order valence-corrected chi connectivity index (χ2v) is 6.00. The third-order valence-corrected chi connectivity index (χ3v) is 4.70. The van der Waals surface area contributed by atoms with Gasteiger partial charge in [-0.25, -0.2) is 0 Å². The molecule has 1 heterocycles. The fourth-order valence-electron chi connectivity index (χ4n) is 3.43. The molecule has 3 N–H and O–H groups in total. The van der Waals surface area contributed by atoms with E-state index in [4.69, 9.17) is 5.73 Å². The molecule has 2 unspecified atom stereocenters. The average Bonchev–Trinajstić information content (AvgIpc) is 2.93. The number of para-hydroxylation sites is 2. The van der Waals surface area contributed by atoms with Crippen LogP contribution in [0.4, 0.5) is 5.69 Å². The predicted molar refractivity (Wildman–Crippen MR) is 82.2 cm³/mol.